The number of carbonyl (C=O) groups excluding carboxylic acids is 1. The van der Waals surface area contributed by atoms with Crippen LogP contribution in [0.2, 0.25) is 0 Å². The van der Waals surface area contributed by atoms with Crippen molar-refractivity contribution < 1.29 is 23.7 Å². The average molecular weight is 252 g/mol. The van der Waals surface area contributed by atoms with Crippen LogP contribution in [-0.2, 0) is 20.0 Å². The maximum absolute atomic E-state index is 11.5. The van der Waals surface area contributed by atoms with E-state index in [-0.39, 0.29) is 0 Å². The molecule has 1 aliphatic rings. The summed E-state index contributed by atoms with van der Waals surface area (Å²) in [6, 6.07) is 5.05. The smallest absolute Gasteiger partial charge is 0.337 e. The van der Waals surface area contributed by atoms with E-state index in [1.807, 2.05) is 6.92 Å². The molecule has 0 spiro atoms. The minimum atomic E-state index is -0.819. The second-order valence-electron chi connectivity index (χ2n) is 4.05. The first kappa shape index (κ1) is 12.9. The van der Waals surface area contributed by atoms with Crippen molar-refractivity contribution >= 4 is 5.97 Å². The first-order valence-electron chi connectivity index (χ1n) is 5.65. The molecular weight excluding hydrogens is 236 g/mol. The van der Waals surface area contributed by atoms with Gasteiger partial charge in [-0.25, -0.2) is 4.79 Å². The van der Waals surface area contributed by atoms with Gasteiger partial charge in [0.2, 0.25) is 0 Å². The van der Waals surface area contributed by atoms with Crippen molar-refractivity contribution in [2.45, 2.75) is 12.7 Å². The Morgan fingerprint density at radius 2 is 1.94 bits per heavy atom. The molecule has 1 aromatic carbocycles. The van der Waals surface area contributed by atoms with E-state index >= 15 is 0 Å². The summed E-state index contributed by atoms with van der Waals surface area (Å²) in [6.45, 7) is 2.91. The van der Waals surface area contributed by atoms with Crippen LogP contribution in [0.15, 0.2) is 18.2 Å². The van der Waals surface area contributed by atoms with Crippen LogP contribution >= 0.6 is 0 Å². The molecule has 98 valence electrons. The van der Waals surface area contributed by atoms with Gasteiger partial charge in [-0.1, -0.05) is 0 Å². The maximum Gasteiger partial charge on any atom is 0.337 e. The number of methoxy groups -OCH3 is 2. The summed E-state index contributed by atoms with van der Waals surface area (Å²) in [5.74, 6) is -0.680. The fourth-order valence-electron chi connectivity index (χ4n) is 1.98. The van der Waals surface area contributed by atoms with Crippen LogP contribution in [0.5, 0.6) is 5.75 Å². The molecule has 1 saturated heterocycles. The predicted molar refractivity (Wildman–Crippen MR) is 63.6 cm³/mol. The van der Waals surface area contributed by atoms with Crippen molar-refractivity contribution in [3.05, 3.63) is 29.3 Å². The van der Waals surface area contributed by atoms with Gasteiger partial charge in [0.05, 0.1) is 38.6 Å². The molecule has 0 unspecified atom stereocenters. The van der Waals surface area contributed by atoms with Crippen LogP contribution in [0.25, 0.3) is 0 Å². The van der Waals surface area contributed by atoms with Crippen LogP contribution in [0.4, 0.5) is 0 Å². The third-order valence-corrected chi connectivity index (χ3v) is 2.95. The van der Waals surface area contributed by atoms with E-state index in [0.29, 0.717) is 24.5 Å². The zero-order valence-corrected chi connectivity index (χ0v) is 10.7. The topological polar surface area (TPSA) is 54.0 Å². The van der Waals surface area contributed by atoms with Gasteiger partial charge in [-0.05, 0) is 25.1 Å². The molecule has 0 saturated carbocycles. The fourth-order valence-corrected chi connectivity index (χ4v) is 1.98. The summed E-state index contributed by atoms with van der Waals surface area (Å²) in [7, 11) is 2.88. The Morgan fingerprint density at radius 3 is 2.50 bits per heavy atom. The minimum Gasteiger partial charge on any atom is -0.496 e. The molecule has 1 aromatic rings. The van der Waals surface area contributed by atoms with E-state index in [1.54, 1.807) is 18.2 Å². The van der Waals surface area contributed by atoms with E-state index in [9.17, 15) is 4.79 Å². The Morgan fingerprint density at radius 1 is 1.28 bits per heavy atom. The van der Waals surface area contributed by atoms with Gasteiger partial charge in [0.25, 0.3) is 0 Å². The van der Waals surface area contributed by atoms with Gasteiger partial charge in [0.15, 0.2) is 5.79 Å². The van der Waals surface area contributed by atoms with Crippen molar-refractivity contribution in [1.82, 2.24) is 0 Å². The van der Waals surface area contributed by atoms with Gasteiger partial charge in [-0.15, -0.1) is 0 Å². The molecule has 0 bridgehead atoms. The van der Waals surface area contributed by atoms with Crippen LogP contribution in [0, 0.1) is 0 Å². The summed E-state index contributed by atoms with van der Waals surface area (Å²) in [4.78, 5) is 11.5. The number of hydrogen-bond acceptors (Lipinski definition) is 5. The maximum atomic E-state index is 11.5. The van der Waals surface area contributed by atoms with Gasteiger partial charge < -0.3 is 18.9 Å². The summed E-state index contributed by atoms with van der Waals surface area (Å²) in [6.07, 6.45) is 0. The highest BCUT2D eigenvalue weighted by Gasteiger charge is 2.36. The quantitative estimate of drug-likeness (QED) is 0.766. The molecule has 0 aromatic heterocycles. The lowest BCUT2D eigenvalue weighted by molar-refractivity contribution is -0.150. The number of carbonyl (C=O) groups is 1. The molecule has 1 aliphatic heterocycles. The highest BCUT2D eigenvalue weighted by molar-refractivity contribution is 5.90. The number of esters is 1. The minimum absolute atomic E-state index is 0.404. The third kappa shape index (κ3) is 2.19. The number of hydrogen-bond donors (Lipinski definition) is 0. The molecule has 2 rings (SSSR count). The van der Waals surface area contributed by atoms with E-state index in [2.05, 4.69) is 4.74 Å². The molecule has 0 amide bonds. The van der Waals surface area contributed by atoms with Crippen LogP contribution < -0.4 is 4.74 Å². The Labute approximate surface area is 106 Å². The van der Waals surface area contributed by atoms with E-state index < -0.39 is 11.8 Å². The van der Waals surface area contributed by atoms with E-state index in [4.69, 9.17) is 14.2 Å². The van der Waals surface area contributed by atoms with Crippen molar-refractivity contribution in [2.75, 3.05) is 27.4 Å². The van der Waals surface area contributed by atoms with Crippen LogP contribution in [-0.4, -0.2) is 33.4 Å². The molecular formula is C13H16O5. The zero-order chi connectivity index (χ0) is 13.2. The SMILES string of the molecule is COC(=O)c1ccc(C2(C)OCCO2)c(OC)c1. The van der Waals surface area contributed by atoms with Gasteiger partial charge in [-0.2, -0.15) is 0 Å². The van der Waals surface area contributed by atoms with E-state index in [0.717, 1.165) is 5.56 Å². The monoisotopic (exact) mass is 252 g/mol. The molecule has 1 fully saturated rings. The molecule has 18 heavy (non-hydrogen) atoms. The lowest BCUT2D eigenvalue weighted by atomic mass is 10.0. The molecule has 5 heteroatoms. The fraction of sp³-hybridized carbons (Fsp3) is 0.462. The number of ether oxygens (including phenoxy) is 4. The Balaban J connectivity index is 2.40. The molecule has 0 aliphatic carbocycles. The lowest BCUT2D eigenvalue weighted by Gasteiger charge is -2.24. The molecule has 0 radical (unpaired) electrons. The Hall–Kier alpha value is -1.59. The third-order valence-electron chi connectivity index (χ3n) is 2.95. The van der Waals surface area contributed by atoms with Crippen LogP contribution in [0.1, 0.15) is 22.8 Å². The first-order valence-corrected chi connectivity index (χ1v) is 5.65. The highest BCUT2D eigenvalue weighted by Crippen LogP contribution is 2.37. The van der Waals surface area contributed by atoms with Crippen molar-refractivity contribution in [3.63, 3.8) is 0 Å². The predicted octanol–water partition coefficient (Wildman–Crippen LogP) is 1.70. The normalized spacial score (nSPS) is 17.5. The summed E-state index contributed by atoms with van der Waals surface area (Å²) in [5.41, 5.74) is 1.19. The average Bonchev–Trinajstić information content (AvgIpc) is 2.85. The largest absolute Gasteiger partial charge is 0.496 e. The van der Waals surface area contributed by atoms with Crippen molar-refractivity contribution in [2.24, 2.45) is 0 Å². The molecule has 5 nitrogen and oxygen atoms in total. The van der Waals surface area contributed by atoms with Crippen molar-refractivity contribution in [1.29, 1.82) is 0 Å². The van der Waals surface area contributed by atoms with Gasteiger partial charge in [0, 0.05) is 0 Å². The second-order valence-corrected chi connectivity index (χ2v) is 4.05. The summed E-state index contributed by atoms with van der Waals surface area (Å²) >= 11 is 0. The van der Waals surface area contributed by atoms with Crippen LogP contribution in [0.3, 0.4) is 0 Å². The summed E-state index contributed by atoms with van der Waals surface area (Å²) < 4.78 is 21.1. The molecule has 0 atom stereocenters. The van der Waals surface area contributed by atoms with Crippen molar-refractivity contribution in [3.8, 4) is 5.75 Å². The molecule has 0 N–H and O–H groups in total. The zero-order valence-electron chi connectivity index (χ0n) is 10.7. The van der Waals surface area contributed by atoms with E-state index in [1.165, 1.54) is 14.2 Å². The molecule has 1 heterocycles. The van der Waals surface area contributed by atoms with Gasteiger partial charge in [-0.3, -0.25) is 0 Å². The number of benzene rings is 1. The second kappa shape index (κ2) is 4.96. The highest BCUT2D eigenvalue weighted by atomic mass is 16.7. The lowest BCUT2D eigenvalue weighted by Crippen LogP contribution is -2.23. The number of rotatable bonds is 3. The Bertz CT molecular complexity index is 449. The van der Waals surface area contributed by atoms with Gasteiger partial charge in [0.1, 0.15) is 5.75 Å². The standard InChI is InChI=1S/C13H16O5/c1-13(17-6-7-18-13)10-5-4-9(12(14)16-3)8-11(10)15-2/h4-5,8H,6-7H2,1-3H3. The Kier molecular flexibility index (Phi) is 3.54. The summed E-state index contributed by atoms with van der Waals surface area (Å²) in [5, 5.41) is 0. The first-order chi connectivity index (χ1) is 8.60. The van der Waals surface area contributed by atoms with Gasteiger partial charge >= 0.3 is 5.97 Å².